The van der Waals surface area contributed by atoms with Crippen LogP contribution in [0, 0.1) is 11.3 Å². The maximum atomic E-state index is 14.1. The summed E-state index contributed by atoms with van der Waals surface area (Å²) in [5, 5.41) is 16.7. The molecule has 0 spiro atoms. The van der Waals surface area contributed by atoms with Gasteiger partial charge in [0.15, 0.2) is 11.6 Å². The number of methoxy groups -OCH3 is 1. The highest BCUT2D eigenvalue weighted by molar-refractivity contribution is 7.08. The number of nitrogens with zero attached hydrogens (tertiary/aromatic N) is 4. The van der Waals surface area contributed by atoms with Crippen molar-refractivity contribution in [3.05, 3.63) is 40.2 Å². The van der Waals surface area contributed by atoms with Crippen LogP contribution >= 0.6 is 11.3 Å². The van der Waals surface area contributed by atoms with Gasteiger partial charge in [-0.05, 0) is 42.2 Å². The summed E-state index contributed by atoms with van der Waals surface area (Å²) in [6.07, 6.45) is 2.44. The van der Waals surface area contributed by atoms with Crippen molar-refractivity contribution in [2.24, 2.45) is 11.3 Å². The van der Waals surface area contributed by atoms with Crippen LogP contribution < -0.4 is 14.9 Å². The number of aromatic nitrogens is 5. The minimum atomic E-state index is -1.70. The normalized spacial score (nSPS) is 18.5. The number of rotatable bonds is 6. The van der Waals surface area contributed by atoms with Crippen molar-refractivity contribution in [2.45, 2.75) is 59.4 Å². The topological polar surface area (TPSA) is 104 Å². The summed E-state index contributed by atoms with van der Waals surface area (Å²) >= 11 is 1.59. The first kappa shape index (κ1) is 27.9. The van der Waals surface area contributed by atoms with Crippen LogP contribution in [0.5, 0.6) is 11.5 Å². The quantitative estimate of drug-likeness (QED) is 0.221. The van der Waals surface area contributed by atoms with Gasteiger partial charge in [-0.15, -0.1) is 0 Å². The van der Waals surface area contributed by atoms with Crippen molar-refractivity contribution in [2.75, 3.05) is 20.3 Å². The van der Waals surface area contributed by atoms with Crippen LogP contribution in [0.4, 0.5) is 0 Å². The van der Waals surface area contributed by atoms with Crippen molar-refractivity contribution < 1.29 is 19.0 Å². The number of thiophene rings is 1. The molecule has 2 aliphatic rings. The lowest BCUT2D eigenvalue weighted by atomic mass is 9.81. The van der Waals surface area contributed by atoms with Crippen molar-refractivity contribution in [3.63, 3.8) is 0 Å². The summed E-state index contributed by atoms with van der Waals surface area (Å²) < 4.78 is 19.8. The van der Waals surface area contributed by atoms with Crippen LogP contribution in [0.15, 0.2) is 29.0 Å². The van der Waals surface area contributed by atoms with E-state index < -0.39 is 8.07 Å². The summed E-state index contributed by atoms with van der Waals surface area (Å²) in [6.45, 7) is 12.6. The van der Waals surface area contributed by atoms with Crippen LogP contribution in [0.3, 0.4) is 0 Å². The second-order valence-corrected chi connectivity index (χ2v) is 18.5. The molecule has 216 valence electrons. The van der Waals surface area contributed by atoms with Gasteiger partial charge in [0.05, 0.1) is 30.7 Å². The number of carbonyl (C=O) groups excluding carboxylic acids is 1. The van der Waals surface area contributed by atoms with Gasteiger partial charge in [0.1, 0.15) is 37.3 Å². The molecule has 5 heterocycles. The minimum absolute atomic E-state index is 0.0432. The molecule has 1 atom stereocenters. The molecule has 0 aliphatic carbocycles. The average Bonchev–Trinajstić information content (AvgIpc) is 3.69. The number of hydrogen-bond acceptors (Lipinski definition) is 8. The minimum Gasteiger partial charge on any atom is -0.496 e. The van der Waals surface area contributed by atoms with Gasteiger partial charge in [0.25, 0.3) is 0 Å². The van der Waals surface area contributed by atoms with Crippen molar-refractivity contribution in [3.8, 4) is 39.8 Å². The maximum absolute atomic E-state index is 14.1. The largest absolute Gasteiger partial charge is 0.496 e. The Hall–Kier alpha value is -3.28. The first-order chi connectivity index (χ1) is 19.6. The summed E-state index contributed by atoms with van der Waals surface area (Å²) in [7, 11) is -0.0635. The van der Waals surface area contributed by atoms with E-state index in [0.717, 1.165) is 53.0 Å². The maximum Gasteiger partial charge on any atom is 0.186 e. The van der Waals surface area contributed by atoms with Crippen LogP contribution in [-0.2, 0) is 11.3 Å². The number of Topliss-reactive ketones (excluding diaryl/α,β-unsaturated/α-hetero) is 1. The van der Waals surface area contributed by atoms with E-state index in [-0.39, 0.29) is 23.7 Å². The third kappa shape index (κ3) is 5.26. The van der Waals surface area contributed by atoms with E-state index in [4.69, 9.17) is 24.3 Å². The van der Waals surface area contributed by atoms with Gasteiger partial charge in [-0.25, -0.2) is 9.67 Å². The van der Waals surface area contributed by atoms with Crippen LogP contribution in [-0.4, -0.2) is 59.1 Å². The predicted octanol–water partition coefficient (Wildman–Crippen LogP) is 5.86. The van der Waals surface area contributed by atoms with E-state index in [1.165, 1.54) is 0 Å². The van der Waals surface area contributed by atoms with Crippen LogP contribution in [0.2, 0.25) is 19.6 Å². The summed E-state index contributed by atoms with van der Waals surface area (Å²) in [5.74, 6) is 1.79. The second-order valence-electron chi connectivity index (χ2n) is 12.8. The van der Waals surface area contributed by atoms with Gasteiger partial charge in [-0.2, -0.15) is 21.5 Å². The monoisotopic (exact) mass is 591 g/mol. The lowest BCUT2D eigenvalue weighted by Crippen LogP contribution is -2.40. The molecule has 0 saturated carbocycles. The molecule has 0 radical (unpaired) electrons. The molecule has 41 heavy (non-hydrogen) atoms. The van der Waals surface area contributed by atoms with Gasteiger partial charge < -0.3 is 14.2 Å². The molecule has 6 rings (SSSR count). The Morgan fingerprint density at radius 1 is 1.22 bits per heavy atom. The van der Waals surface area contributed by atoms with E-state index in [2.05, 4.69) is 43.7 Å². The van der Waals surface area contributed by atoms with E-state index in [1.54, 1.807) is 18.4 Å². The number of carbonyl (C=O) groups is 1. The average molecular weight is 592 g/mol. The first-order valence-electron chi connectivity index (χ1n) is 14.1. The van der Waals surface area contributed by atoms with E-state index >= 15 is 0 Å². The molecule has 1 N–H and O–H groups in total. The molecular formula is C30H37N5O4SSi. The summed E-state index contributed by atoms with van der Waals surface area (Å²) in [6, 6.07) is 5.92. The zero-order valence-electron chi connectivity index (χ0n) is 24.5. The number of benzene rings is 1. The van der Waals surface area contributed by atoms with Crippen LogP contribution in [0.25, 0.3) is 28.3 Å². The Morgan fingerprint density at radius 2 is 2.05 bits per heavy atom. The fourth-order valence-electron chi connectivity index (χ4n) is 5.51. The van der Waals surface area contributed by atoms with Crippen molar-refractivity contribution in [1.29, 1.82) is 0 Å². The fourth-order valence-corrected chi connectivity index (χ4v) is 6.96. The number of nitrogens with one attached hydrogen (secondary N) is 1. The number of aromatic amines is 1. The van der Waals surface area contributed by atoms with Gasteiger partial charge in [-0.3, -0.25) is 9.89 Å². The zero-order valence-corrected chi connectivity index (χ0v) is 26.4. The van der Waals surface area contributed by atoms with Gasteiger partial charge in [0.2, 0.25) is 0 Å². The molecular weight excluding hydrogens is 555 g/mol. The predicted molar refractivity (Wildman–Crippen MR) is 162 cm³/mol. The molecule has 0 amide bonds. The van der Waals surface area contributed by atoms with Gasteiger partial charge >= 0.3 is 0 Å². The summed E-state index contributed by atoms with van der Waals surface area (Å²) in [4.78, 5) is 19.0. The molecule has 1 fully saturated rings. The molecule has 0 bridgehead atoms. The number of ketones is 1. The molecule has 2 aliphatic heterocycles. The van der Waals surface area contributed by atoms with Crippen molar-refractivity contribution in [1.82, 2.24) is 25.0 Å². The van der Waals surface area contributed by atoms with Gasteiger partial charge in [0, 0.05) is 35.1 Å². The molecule has 11 heteroatoms. The zero-order chi connectivity index (χ0) is 28.9. The Morgan fingerprint density at radius 3 is 2.76 bits per heavy atom. The highest BCUT2D eigenvalue weighted by atomic mass is 32.1. The molecule has 1 aromatic carbocycles. The SMILES string of the molecule is COc1cc2c(cc1-c1n[nH]c([Si](C)(C)C)n1)-c1c(c(C(=O)C3CCOCC(C)(C)CC3)nn1-c1ccsc1)CO2. The molecule has 1 unspecified atom stereocenters. The molecule has 4 aromatic rings. The Bertz CT molecular complexity index is 1580. The Labute approximate surface area is 245 Å². The van der Waals surface area contributed by atoms with Crippen molar-refractivity contribution >= 4 is 30.6 Å². The second kappa shape index (κ2) is 10.5. The fraction of sp³-hybridized carbons (Fsp3) is 0.467. The first-order valence-corrected chi connectivity index (χ1v) is 18.5. The van der Waals surface area contributed by atoms with Crippen LogP contribution in [0.1, 0.15) is 49.2 Å². The van der Waals surface area contributed by atoms with E-state index in [9.17, 15) is 4.79 Å². The summed E-state index contributed by atoms with van der Waals surface area (Å²) in [5.41, 5.74) is 5.63. The van der Waals surface area contributed by atoms with E-state index in [1.807, 2.05) is 33.6 Å². The third-order valence-corrected chi connectivity index (χ3v) is 10.3. The molecule has 9 nitrogen and oxygen atoms in total. The molecule has 3 aromatic heterocycles. The standard InChI is InChI=1S/C30H37N5O4SSi/c1-30(2)10-7-18(8-11-38-17-30)27(36)25-22-15-39-24-14-23(37-3)21(28-31-29(33-32-28)41(4,5)6)13-20(24)26(22)35(34-25)19-9-12-40-16-19/h9,12-14,16,18H,7-8,10-11,15,17H2,1-6H3,(H,31,32,33). The van der Waals surface area contributed by atoms with Gasteiger partial charge in [-0.1, -0.05) is 33.5 Å². The highest BCUT2D eigenvalue weighted by Gasteiger charge is 2.35. The van der Waals surface area contributed by atoms with E-state index in [0.29, 0.717) is 36.0 Å². The third-order valence-electron chi connectivity index (χ3n) is 7.98. The lowest BCUT2D eigenvalue weighted by molar-refractivity contribution is 0.0283. The highest BCUT2D eigenvalue weighted by Crippen LogP contribution is 2.46. The molecule has 1 saturated heterocycles. The Kier molecular flexibility index (Phi) is 7.15. The Balaban J connectivity index is 1.48. The number of fused-ring (bicyclic) bond motifs is 3. The number of hydrogen-bond donors (Lipinski definition) is 1. The lowest BCUT2D eigenvalue weighted by Gasteiger charge is -2.29. The number of ether oxygens (including phenoxy) is 3. The smallest absolute Gasteiger partial charge is 0.186 e. The number of H-pyrrole nitrogens is 1.